The molecule has 1 unspecified atom stereocenters. The quantitative estimate of drug-likeness (QED) is 0.744. The number of hydrogen-bond acceptors (Lipinski definition) is 5. The number of fused-ring (bicyclic) bond motifs is 1. The summed E-state index contributed by atoms with van der Waals surface area (Å²) in [5.41, 5.74) is -0.749. The van der Waals surface area contributed by atoms with Crippen LogP contribution in [-0.2, 0) is 11.0 Å². The van der Waals surface area contributed by atoms with Crippen molar-refractivity contribution in [3.8, 4) is 17.2 Å². The van der Waals surface area contributed by atoms with Gasteiger partial charge in [-0.1, -0.05) is 12.1 Å². The molecular formula is C18H13F3N4O3. The van der Waals surface area contributed by atoms with Crippen LogP contribution < -0.4 is 14.8 Å². The van der Waals surface area contributed by atoms with Crippen molar-refractivity contribution in [3.05, 3.63) is 60.7 Å². The molecular weight excluding hydrogens is 377 g/mol. The Hall–Kier alpha value is -3.56. The molecule has 0 bridgehead atoms. The number of hydrogen-bond donors (Lipinski definition) is 1. The van der Waals surface area contributed by atoms with Crippen LogP contribution in [0.15, 0.2) is 55.1 Å². The third-order valence-electron chi connectivity index (χ3n) is 4.05. The van der Waals surface area contributed by atoms with Crippen LogP contribution in [-0.4, -0.2) is 33.4 Å². The predicted molar refractivity (Wildman–Crippen MR) is 91.3 cm³/mol. The first kappa shape index (κ1) is 17.8. The Kier molecular flexibility index (Phi) is 4.38. The van der Waals surface area contributed by atoms with Crippen LogP contribution in [0.4, 0.5) is 18.9 Å². The van der Waals surface area contributed by atoms with E-state index in [2.05, 4.69) is 15.4 Å². The molecule has 0 saturated carbocycles. The number of nitrogens with one attached hydrogen (secondary N) is 1. The van der Waals surface area contributed by atoms with Gasteiger partial charge in [0, 0.05) is 0 Å². The Morgan fingerprint density at radius 3 is 2.68 bits per heavy atom. The van der Waals surface area contributed by atoms with Gasteiger partial charge >= 0.3 is 6.18 Å². The molecule has 0 fully saturated rings. The van der Waals surface area contributed by atoms with E-state index in [1.165, 1.54) is 23.4 Å². The fourth-order valence-corrected chi connectivity index (χ4v) is 2.71. The number of rotatable bonds is 3. The van der Waals surface area contributed by atoms with Crippen LogP contribution in [0.25, 0.3) is 5.69 Å². The lowest BCUT2D eigenvalue weighted by Crippen LogP contribution is -2.40. The van der Waals surface area contributed by atoms with Crippen LogP contribution in [0.2, 0.25) is 0 Å². The van der Waals surface area contributed by atoms with Gasteiger partial charge in [-0.3, -0.25) is 4.79 Å². The van der Waals surface area contributed by atoms with E-state index in [1.54, 1.807) is 24.3 Å². The Balaban J connectivity index is 1.62. The number of para-hydroxylation sites is 2. The standard InChI is InChI=1S/C18H13F3N4O3/c19-18(20,21)11-5-6-13(25-10-22-9-23-25)12(7-11)24-17(26)16-8-27-14-3-1-2-4-15(14)28-16/h1-7,9-10,16H,8H2,(H,24,26). The molecule has 144 valence electrons. The van der Waals surface area contributed by atoms with Gasteiger partial charge in [0.2, 0.25) is 6.10 Å². The van der Waals surface area contributed by atoms with Crippen LogP contribution in [0.3, 0.4) is 0 Å². The Morgan fingerprint density at radius 1 is 1.18 bits per heavy atom. The number of aromatic nitrogens is 3. The summed E-state index contributed by atoms with van der Waals surface area (Å²) >= 11 is 0. The number of benzene rings is 2. The highest BCUT2D eigenvalue weighted by Crippen LogP contribution is 2.34. The molecule has 0 spiro atoms. The van der Waals surface area contributed by atoms with Crippen molar-refractivity contribution >= 4 is 11.6 Å². The van der Waals surface area contributed by atoms with E-state index in [4.69, 9.17) is 9.47 Å². The van der Waals surface area contributed by atoms with Crippen LogP contribution in [0.1, 0.15) is 5.56 Å². The molecule has 28 heavy (non-hydrogen) atoms. The molecule has 10 heteroatoms. The maximum absolute atomic E-state index is 13.1. The van der Waals surface area contributed by atoms with Crippen molar-refractivity contribution in [2.24, 2.45) is 0 Å². The van der Waals surface area contributed by atoms with Gasteiger partial charge in [0.15, 0.2) is 11.5 Å². The largest absolute Gasteiger partial charge is 0.485 e. The third kappa shape index (κ3) is 3.48. The Morgan fingerprint density at radius 2 is 1.96 bits per heavy atom. The van der Waals surface area contributed by atoms with E-state index in [-0.39, 0.29) is 18.0 Å². The second-order valence-electron chi connectivity index (χ2n) is 5.92. The van der Waals surface area contributed by atoms with Gasteiger partial charge in [-0.2, -0.15) is 18.3 Å². The number of ether oxygens (including phenoxy) is 2. The van der Waals surface area contributed by atoms with Crippen molar-refractivity contribution in [1.82, 2.24) is 14.8 Å². The summed E-state index contributed by atoms with van der Waals surface area (Å²) in [4.78, 5) is 16.4. The van der Waals surface area contributed by atoms with Crippen molar-refractivity contribution in [2.45, 2.75) is 12.3 Å². The summed E-state index contributed by atoms with van der Waals surface area (Å²) in [5.74, 6) is 0.235. The van der Waals surface area contributed by atoms with Crippen molar-refractivity contribution in [1.29, 1.82) is 0 Å². The summed E-state index contributed by atoms with van der Waals surface area (Å²) in [6.45, 7) is -0.0690. The molecule has 7 nitrogen and oxygen atoms in total. The molecule has 1 atom stereocenters. The highest BCUT2D eigenvalue weighted by Gasteiger charge is 2.32. The first-order valence-corrected chi connectivity index (χ1v) is 8.17. The Bertz CT molecular complexity index is 1010. The van der Waals surface area contributed by atoms with Gasteiger partial charge in [0.1, 0.15) is 19.3 Å². The lowest BCUT2D eigenvalue weighted by molar-refractivity contribution is -0.137. The SMILES string of the molecule is O=C(Nc1cc(C(F)(F)F)ccc1-n1cncn1)C1COc2ccccc2O1. The molecule has 2 aromatic carbocycles. The number of carbonyl (C=O) groups excluding carboxylic acids is 1. The van der Waals surface area contributed by atoms with Gasteiger partial charge in [-0.25, -0.2) is 9.67 Å². The molecule has 1 aliphatic heterocycles. The maximum Gasteiger partial charge on any atom is 0.416 e. The lowest BCUT2D eigenvalue weighted by Gasteiger charge is -2.26. The molecule has 1 aromatic heterocycles. The average molecular weight is 390 g/mol. The molecule has 0 saturated heterocycles. The maximum atomic E-state index is 13.1. The van der Waals surface area contributed by atoms with Gasteiger partial charge < -0.3 is 14.8 Å². The first-order chi connectivity index (χ1) is 13.4. The number of nitrogens with zero attached hydrogens (tertiary/aromatic N) is 3. The number of alkyl halides is 3. The van der Waals surface area contributed by atoms with E-state index < -0.39 is 23.8 Å². The van der Waals surface area contributed by atoms with E-state index in [0.29, 0.717) is 11.5 Å². The van der Waals surface area contributed by atoms with Crippen LogP contribution >= 0.6 is 0 Å². The zero-order chi connectivity index (χ0) is 19.7. The molecule has 1 N–H and O–H groups in total. The second-order valence-corrected chi connectivity index (χ2v) is 5.92. The second kappa shape index (κ2) is 6.87. The van der Waals surface area contributed by atoms with Crippen molar-refractivity contribution in [2.75, 3.05) is 11.9 Å². The van der Waals surface area contributed by atoms with Crippen molar-refractivity contribution < 1.29 is 27.4 Å². The smallest absolute Gasteiger partial charge is 0.416 e. The first-order valence-electron chi connectivity index (χ1n) is 8.17. The fraction of sp³-hybridized carbons (Fsp3) is 0.167. The van der Waals surface area contributed by atoms with E-state index >= 15 is 0 Å². The van der Waals surface area contributed by atoms with Gasteiger partial charge in [-0.15, -0.1) is 0 Å². The van der Waals surface area contributed by atoms with E-state index in [1.807, 2.05) is 0 Å². The molecule has 1 aliphatic rings. The van der Waals surface area contributed by atoms with E-state index in [9.17, 15) is 18.0 Å². The predicted octanol–water partition coefficient (Wildman–Crippen LogP) is 3.06. The normalized spacial score (nSPS) is 15.9. The minimum absolute atomic E-state index is 0.0690. The molecule has 4 rings (SSSR count). The fourth-order valence-electron chi connectivity index (χ4n) is 2.71. The zero-order valence-electron chi connectivity index (χ0n) is 14.2. The third-order valence-corrected chi connectivity index (χ3v) is 4.05. The Labute approximate surface area is 156 Å². The summed E-state index contributed by atoms with van der Waals surface area (Å²) < 4.78 is 51.7. The lowest BCUT2D eigenvalue weighted by atomic mass is 10.1. The number of carbonyl (C=O) groups is 1. The molecule has 1 amide bonds. The summed E-state index contributed by atoms with van der Waals surface area (Å²) in [5, 5.41) is 6.38. The number of anilines is 1. The van der Waals surface area contributed by atoms with Gasteiger partial charge in [-0.05, 0) is 30.3 Å². The van der Waals surface area contributed by atoms with Crippen molar-refractivity contribution in [3.63, 3.8) is 0 Å². The van der Waals surface area contributed by atoms with Crippen LogP contribution in [0.5, 0.6) is 11.5 Å². The number of amides is 1. The highest BCUT2D eigenvalue weighted by atomic mass is 19.4. The number of halogens is 3. The van der Waals surface area contributed by atoms with E-state index in [0.717, 1.165) is 12.1 Å². The minimum Gasteiger partial charge on any atom is -0.485 e. The summed E-state index contributed by atoms with van der Waals surface area (Å²) in [7, 11) is 0. The molecule has 2 heterocycles. The summed E-state index contributed by atoms with van der Waals surface area (Å²) in [6.07, 6.45) is -3.04. The zero-order valence-corrected chi connectivity index (χ0v) is 14.2. The monoisotopic (exact) mass is 390 g/mol. The molecule has 3 aromatic rings. The van der Waals surface area contributed by atoms with Gasteiger partial charge in [0.25, 0.3) is 5.91 Å². The van der Waals surface area contributed by atoms with Crippen LogP contribution in [0, 0.1) is 0 Å². The summed E-state index contributed by atoms with van der Waals surface area (Å²) in [6, 6.07) is 9.77. The molecule has 0 radical (unpaired) electrons. The minimum atomic E-state index is -4.57. The average Bonchev–Trinajstić information content (AvgIpc) is 3.21. The molecule has 0 aliphatic carbocycles. The van der Waals surface area contributed by atoms with Gasteiger partial charge in [0.05, 0.1) is 16.9 Å². The highest BCUT2D eigenvalue weighted by molar-refractivity contribution is 5.96. The topological polar surface area (TPSA) is 78.3 Å².